The Kier molecular flexibility index (Phi) is 33.0. The van der Waals surface area contributed by atoms with E-state index in [0.29, 0.717) is 12.8 Å². The molecule has 0 rings (SSSR count). The molecule has 1 atom stereocenters. The zero-order valence-electron chi connectivity index (χ0n) is 28.0. The summed E-state index contributed by atoms with van der Waals surface area (Å²) in [7, 11) is 0. The van der Waals surface area contributed by atoms with Crippen LogP contribution < -0.4 is 0 Å². The average molecular weight is 595 g/mol. The maximum atomic E-state index is 12.1. The maximum absolute atomic E-state index is 12.1. The van der Waals surface area contributed by atoms with Crippen molar-refractivity contribution >= 4 is 11.9 Å². The van der Waals surface area contributed by atoms with Gasteiger partial charge in [0.15, 0.2) is 6.10 Å². The normalized spacial score (nSPS) is 12.2. The topological polar surface area (TPSA) is 72.8 Å². The van der Waals surface area contributed by atoms with Crippen molar-refractivity contribution in [2.45, 2.75) is 200 Å². The van der Waals surface area contributed by atoms with Crippen LogP contribution in [0, 0.1) is 0 Å². The molecule has 0 aliphatic carbocycles. The molecular formula is C37H70O5. The highest BCUT2D eigenvalue weighted by Gasteiger charge is 2.16. The fraction of sp³-hybridized carbons (Fsp3) is 0.892. The Balaban J connectivity index is 3.53. The number of carbonyl (C=O) groups is 2. The number of aliphatic hydroxyl groups excluding tert-OH is 1. The van der Waals surface area contributed by atoms with Gasteiger partial charge < -0.3 is 14.6 Å². The van der Waals surface area contributed by atoms with Gasteiger partial charge in [0.2, 0.25) is 0 Å². The molecule has 0 aromatic heterocycles. The molecule has 0 aromatic carbocycles. The maximum Gasteiger partial charge on any atom is 0.306 e. The second-order valence-corrected chi connectivity index (χ2v) is 12.3. The molecule has 248 valence electrons. The van der Waals surface area contributed by atoms with Gasteiger partial charge in [-0.1, -0.05) is 154 Å². The Bertz CT molecular complexity index is 603. The molecule has 0 unspecified atom stereocenters. The molecule has 0 aromatic rings. The van der Waals surface area contributed by atoms with Crippen molar-refractivity contribution in [3.63, 3.8) is 0 Å². The van der Waals surface area contributed by atoms with Crippen LogP contribution in [0.4, 0.5) is 0 Å². The fourth-order valence-electron chi connectivity index (χ4n) is 5.25. The summed E-state index contributed by atoms with van der Waals surface area (Å²) < 4.78 is 10.6. The minimum absolute atomic E-state index is 0.0649. The molecule has 0 amide bonds. The van der Waals surface area contributed by atoms with E-state index in [1.54, 1.807) is 0 Å². The van der Waals surface area contributed by atoms with E-state index in [1.807, 2.05) is 0 Å². The first-order chi connectivity index (χ1) is 20.6. The Hall–Kier alpha value is -1.36. The number of ether oxygens (including phenoxy) is 2. The lowest BCUT2D eigenvalue weighted by Gasteiger charge is -2.15. The molecule has 0 fully saturated rings. The molecule has 0 saturated carbocycles. The van der Waals surface area contributed by atoms with Gasteiger partial charge in [-0.15, -0.1) is 0 Å². The third-order valence-electron chi connectivity index (χ3n) is 8.06. The van der Waals surface area contributed by atoms with Crippen molar-refractivity contribution in [1.82, 2.24) is 0 Å². The molecule has 5 nitrogen and oxygen atoms in total. The third kappa shape index (κ3) is 31.6. The smallest absolute Gasteiger partial charge is 0.306 e. The predicted octanol–water partition coefficient (Wildman–Crippen LogP) is 11.0. The van der Waals surface area contributed by atoms with Crippen molar-refractivity contribution in [2.24, 2.45) is 0 Å². The van der Waals surface area contributed by atoms with Crippen LogP contribution in [0.3, 0.4) is 0 Å². The molecule has 0 heterocycles. The van der Waals surface area contributed by atoms with E-state index in [9.17, 15) is 14.7 Å². The molecule has 1 N–H and O–H groups in total. The van der Waals surface area contributed by atoms with Gasteiger partial charge in [0.25, 0.3) is 0 Å². The third-order valence-corrected chi connectivity index (χ3v) is 8.06. The second kappa shape index (κ2) is 34.1. The van der Waals surface area contributed by atoms with Gasteiger partial charge in [-0.3, -0.25) is 9.59 Å². The summed E-state index contributed by atoms with van der Waals surface area (Å²) in [6.07, 6.45) is 36.9. The molecule has 0 aliphatic rings. The highest BCUT2D eigenvalue weighted by Crippen LogP contribution is 2.15. The summed E-state index contributed by atoms with van der Waals surface area (Å²) in [6.45, 7) is 4.11. The molecule has 0 spiro atoms. The first-order valence-corrected chi connectivity index (χ1v) is 18.2. The summed E-state index contributed by atoms with van der Waals surface area (Å²) in [5.41, 5.74) is 0. The monoisotopic (exact) mass is 595 g/mol. The Labute approximate surface area is 261 Å². The minimum atomic E-state index is -0.766. The zero-order valence-corrected chi connectivity index (χ0v) is 28.0. The number of aliphatic hydroxyl groups is 1. The second-order valence-electron chi connectivity index (χ2n) is 12.3. The van der Waals surface area contributed by atoms with E-state index in [0.717, 1.165) is 44.9 Å². The average Bonchev–Trinajstić information content (AvgIpc) is 2.99. The Morgan fingerprint density at radius 3 is 1.33 bits per heavy atom. The number of hydrogen-bond acceptors (Lipinski definition) is 5. The number of esters is 2. The van der Waals surface area contributed by atoms with E-state index in [1.165, 1.54) is 122 Å². The highest BCUT2D eigenvalue weighted by molar-refractivity contribution is 5.70. The summed E-state index contributed by atoms with van der Waals surface area (Å²) in [6, 6.07) is 0. The Morgan fingerprint density at radius 2 is 0.881 bits per heavy atom. The fourth-order valence-corrected chi connectivity index (χ4v) is 5.25. The van der Waals surface area contributed by atoms with Gasteiger partial charge in [0.05, 0.1) is 6.61 Å². The number of unbranched alkanes of at least 4 members (excludes halogenated alkanes) is 23. The van der Waals surface area contributed by atoms with Crippen molar-refractivity contribution < 1.29 is 24.2 Å². The number of hydrogen-bond donors (Lipinski definition) is 1. The molecule has 5 heteroatoms. The van der Waals surface area contributed by atoms with Crippen LogP contribution in [0.5, 0.6) is 0 Å². The van der Waals surface area contributed by atoms with Gasteiger partial charge in [-0.2, -0.15) is 0 Å². The first kappa shape index (κ1) is 40.6. The highest BCUT2D eigenvalue weighted by atomic mass is 16.6. The van der Waals surface area contributed by atoms with Crippen molar-refractivity contribution in [3.8, 4) is 0 Å². The minimum Gasteiger partial charge on any atom is -0.462 e. The van der Waals surface area contributed by atoms with Crippen LogP contribution in [0.2, 0.25) is 0 Å². The summed E-state index contributed by atoms with van der Waals surface area (Å²) in [4.78, 5) is 24.1. The van der Waals surface area contributed by atoms with E-state index in [-0.39, 0.29) is 25.2 Å². The molecule has 0 radical (unpaired) electrons. The van der Waals surface area contributed by atoms with Crippen LogP contribution in [0.25, 0.3) is 0 Å². The Morgan fingerprint density at radius 1 is 0.524 bits per heavy atom. The van der Waals surface area contributed by atoms with Gasteiger partial charge in [-0.05, 0) is 38.5 Å². The summed E-state index contributed by atoms with van der Waals surface area (Å²) >= 11 is 0. The zero-order chi connectivity index (χ0) is 30.8. The SMILES string of the molecule is CCCCC/C=C\CCCCCCCC(=O)OC[C@H](CO)OC(=O)CCCCCCCCCCCCCCCCCC. The molecule has 0 bridgehead atoms. The summed E-state index contributed by atoms with van der Waals surface area (Å²) in [5.74, 6) is -0.594. The molecule has 0 saturated heterocycles. The lowest BCUT2D eigenvalue weighted by molar-refractivity contribution is -0.161. The molecule has 42 heavy (non-hydrogen) atoms. The van der Waals surface area contributed by atoms with Crippen molar-refractivity contribution in [1.29, 1.82) is 0 Å². The molecular weight excluding hydrogens is 524 g/mol. The van der Waals surface area contributed by atoms with Crippen LogP contribution in [0.1, 0.15) is 194 Å². The van der Waals surface area contributed by atoms with Gasteiger partial charge >= 0.3 is 11.9 Å². The van der Waals surface area contributed by atoms with Gasteiger partial charge in [-0.25, -0.2) is 0 Å². The van der Waals surface area contributed by atoms with Crippen molar-refractivity contribution in [2.75, 3.05) is 13.2 Å². The van der Waals surface area contributed by atoms with E-state index < -0.39 is 6.10 Å². The van der Waals surface area contributed by atoms with Crippen LogP contribution in [0.15, 0.2) is 12.2 Å². The van der Waals surface area contributed by atoms with Gasteiger partial charge in [0.1, 0.15) is 6.61 Å². The van der Waals surface area contributed by atoms with Crippen molar-refractivity contribution in [3.05, 3.63) is 12.2 Å². The molecule has 0 aliphatic heterocycles. The summed E-state index contributed by atoms with van der Waals surface area (Å²) in [5, 5.41) is 9.52. The lowest BCUT2D eigenvalue weighted by Crippen LogP contribution is -2.28. The number of allylic oxidation sites excluding steroid dienone is 2. The predicted molar refractivity (Wildman–Crippen MR) is 178 cm³/mol. The number of rotatable bonds is 33. The van der Waals surface area contributed by atoms with Gasteiger partial charge in [0, 0.05) is 12.8 Å². The first-order valence-electron chi connectivity index (χ1n) is 18.2. The van der Waals surface area contributed by atoms with E-state index in [2.05, 4.69) is 26.0 Å². The van der Waals surface area contributed by atoms with Crippen LogP contribution in [-0.2, 0) is 19.1 Å². The van der Waals surface area contributed by atoms with Crippen LogP contribution >= 0.6 is 0 Å². The lowest BCUT2D eigenvalue weighted by atomic mass is 10.0. The largest absolute Gasteiger partial charge is 0.462 e. The van der Waals surface area contributed by atoms with Crippen LogP contribution in [-0.4, -0.2) is 36.4 Å². The van der Waals surface area contributed by atoms with E-state index in [4.69, 9.17) is 9.47 Å². The quantitative estimate of drug-likeness (QED) is 0.0465. The standard InChI is InChI=1S/C37H70O5/c1-3-5-7-9-11-13-15-17-18-19-20-22-24-26-28-30-32-37(40)42-35(33-38)34-41-36(39)31-29-27-25-23-21-16-14-12-10-8-6-4-2/h12,14,35,38H,3-11,13,15-34H2,1-2H3/b14-12-/t35-/m0/s1. The van der Waals surface area contributed by atoms with E-state index >= 15 is 0 Å². The number of carbonyl (C=O) groups excluding carboxylic acids is 2.